The minimum atomic E-state index is 0.436. The second-order valence-electron chi connectivity index (χ2n) is 6.69. The highest BCUT2D eigenvalue weighted by atomic mass is 16.5. The lowest BCUT2D eigenvalue weighted by Gasteiger charge is -2.26. The highest BCUT2D eigenvalue weighted by molar-refractivity contribution is 5.43. The van der Waals surface area contributed by atoms with Crippen molar-refractivity contribution >= 4 is 17.8 Å². The molecule has 0 spiro atoms. The van der Waals surface area contributed by atoms with Gasteiger partial charge in [0.1, 0.15) is 0 Å². The fourth-order valence-electron chi connectivity index (χ4n) is 2.65. The van der Waals surface area contributed by atoms with E-state index in [4.69, 9.17) is 15.2 Å². The van der Waals surface area contributed by atoms with E-state index in [0.717, 1.165) is 18.5 Å². The molecule has 0 amide bonds. The van der Waals surface area contributed by atoms with Crippen LogP contribution in [0.5, 0.6) is 0 Å². The van der Waals surface area contributed by atoms with Gasteiger partial charge >= 0.3 is 0 Å². The van der Waals surface area contributed by atoms with Crippen molar-refractivity contribution in [1.82, 2.24) is 19.9 Å². The molecular weight excluding hydrogens is 372 g/mol. The molecule has 2 aromatic heterocycles. The number of rotatable bonds is 14. The molecule has 0 aliphatic heterocycles. The molecule has 2 heterocycles. The molecule has 0 saturated heterocycles. The third-order valence-corrected chi connectivity index (χ3v) is 4.39. The smallest absolute Gasteiger partial charge is 0.229 e. The van der Waals surface area contributed by atoms with E-state index in [2.05, 4.69) is 35.9 Å². The van der Waals surface area contributed by atoms with Crippen molar-refractivity contribution in [3.63, 3.8) is 0 Å². The molecule has 1 fully saturated rings. The Balaban J connectivity index is 1.50. The van der Waals surface area contributed by atoms with E-state index in [1.807, 2.05) is 18.2 Å². The zero-order chi connectivity index (χ0) is 20.2. The summed E-state index contributed by atoms with van der Waals surface area (Å²) >= 11 is 0. The molecule has 158 valence electrons. The summed E-state index contributed by atoms with van der Waals surface area (Å²) in [6, 6.07) is 6.23. The van der Waals surface area contributed by atoms with Crippen LogP contribution in [0, 0.1) is 0 Å². The summed E-state index contributed by atoms with van der Waals surface area (Å²) in [6.45, 7) is 3.80. The van der Waals surface area contributed by atoms with Crippen LogP contribution in [0.1, 0.15) is 25.0 Å². The number of nitrogens with one attached hydrogen (secondary N) is 3. The van der Waals surface area contributed by atoms with Crippen molar-refractivity contribution < 1.29 is 9.47 Å². The van der Waals surface area contributed by atoms with Gasteiger partial charge in [-0.25, -0.2) is 0 Å². The maximum absolute atomic E-state index is 5.52. The normalized spacial score (nSPS) is 13.7. The van der Waals surface area contributed by atoms with Crippen LogP contribution in [-0.4, -0.2) is 65.5 Å². The van der Waals surface area contributed by atoms with E-state index in [-0.39, 0.29) is 0 Å². The van der Waals surface area contributed by atoms with Gasteiger partial charge in [0.15, 0.2) is 0 Å². The van der Waals surface area contributed by atoms with E-state index in [1.165, 1.54) is 6.42 Å². The van der Waals surface area contributed by atoms with Crippen LogP contribution < -0.4 is 21.7 Å². The summed E-state index contributed by atoms with van der Waals surface area (Å²) < 4.78 is 10.8. The van der Waals surface area contributed by atoms with Gasteiger partial charge < -0.3 is 31.2 Å². The SMILES string of the molecule is NCCOCCOCCNc1nc(NCc2ccccn2)nc(NC2CCC2)n1. The average molecular weight is 403 g/mol. The van der Waals surface area contributed by atoms with Crippen LogP contribution in [0.15, 0.2) is 24.4 Å². The van der Waals surface area contributed by atoms with Gasteiger partial charge in [-0.3, -0.25) is 4.98 Å². The van der Waals surface area contributed by atoms with Gasteiger partial charge in [-0.2, -0.15) is 15.0 Å². The Morgan fingerprint density at radius 3 is 2.38 bits per heavy atom. The molecule has 0 bridgehead atoms. The molecule has 1 saturated carbocycles. The van der Waals surface area contributed by atoms with Crippen molar-refractivity contribution in [2.45, 2.75) is 31.8 Å². The fourth-order valence-corrected chi connectivity index (χ4v) is 2.65. The molecular formula is C19H30N8O2. The molecule has 3 rings (SSSR count). The van der Waals surface area contributed by atoms with Crippen LogP contribution in [0.4, 0.5) is 17.8 Å². The molecule has 10 heteroatoms. The summed E-state index contributed by atoms with van der Waals surface area (Å²) in [7, 11) is 0. The molecule has 1 aliphatic carbocycles. The molecule has 5 N–H and O–H groups in total. The summed E-state index contributed by atoms with van der Waals surface area (Å²) in [5.41, 5.74) is 6.29. The molecule has 0 unspecified atom stereocenters. The standard InChI is InChI=1S/C19H30N8O2/c20-7-10-28-12-13-29-11-9-22-17-25-18(23-14-16-4-1-2-8-21-16)27-19(26-17)24-15-5-3-6-15/h1-2,4,8,15H,3,5-7,9-14,20H2,(H3,22,23,24,25,26,27). The van der Waals surface area contributed by atoms with Gasteiger partial charge in [0, 0.05) is 25.3 Å². The second kappa shape index (κ2) is 12.1. The largest absolute Gasteiger partial charge is 0.378 e. The fraction of sp³-hybridized carbons (Fsp3) is 0.579. The van der Waals surface area contributed by atoms with Crippen molar-refractivity contribution in [2.75, 3.05) is 55.5 Å². The Kier molecular flexibility index (Phi) is 8.83. The number of aromatic nitrogens is 4. The second-order valence-corrected chi connectivity index (χ2v) is 6.69. The molecule has 2 aromatic rings. The van der Waals surface area contributed by atoms with E-state index >= 15 is 0 Å². The van der Waals surface area contributed by atoms with Gasteiger partial charge in [-0.1, -0.05) is 6.07 Å². The average Bonchev–Trinajstić information content (AvgIpc) is 2.72. The zero-order valence-corrected chi connectivity index (χ0v) is 16.6. The van der Waals surface area contributed by atoms with E-state index in [9.17, 15) is 0 Å². The maximum Gasteiger partial charge on any atom is 0.229 e. The van der Waals surface area contributed by atoms with E-state index in [0.29, 0.717) is 69.9 Å². The van der Waals surface area contributed by atoms with Gasteiger partial charge in [-0.05, 0) is 31.4 Å². The molecule has 29 heavy (non-hydrogen) atoms. The lowest BCUT2D eigenvalue weighted by Crippen LogP contribution is -2.28. The first kappa shape index (κ1) is 21.2. The molecule has 10 nitrogen and oxygen atoms in total. The summed E-state index contributed by atoms with van der Waals surface area (Å²) in [5, 5.41) is 9.78. The predicted octanol–water partition coefficient (Wildman–Crippen LogP) is 1.25. The third kappa shape index (κ3) is 7.76. The van der Waals surface area contributed by atoms with Crippen molar-refractivity contribution in [2.24, 2.45) is 5.73 Å². The van der Waals surface area contributed by atoms with Gasteiger partial charge in [-0.15, -0.1) is 0 Å². The Morgan fingerprint density at radius 1 is 0.931 bits per heavy atom. The number of ether oxygens (including phenoxy) is 2. The van der Waals surface area contributed by atoms with Gasteiger partial charge in [0.2, 0.25) is 17.8 Å². The third-order valence-electron chi connectivity index (χ3n) is 4.39. The number of hydrogen-bond acceptors (Lipinski definition) is 10. The van der Waals surface area contributed by atoms with Crippen molar-refractivity contribution in [3.8, 4) is 0 Å². The van der Waals surface area contributed by atoms with E-state index in [1.54, 1.807) is 6.20 Å². The monoisotopic (exact) mass is 402 g/mol. The number of hydrogen-bond donors (Lipinski definition) is 4. The van der Waals surface area contributed by atoms with Crippen molar-refractivity contribution in [3.05, 3.63) is 30.1 Å². The molecule has 0 radical (unpaired) electrons. The minimum absolute atomic E-state index is 0.436. The lowest BCUT2D eigenvalue weighted by molar-refractivity contribution is 0.0547. The highest BCUT2D eigenvalue weighted by Gasteiger charge is 2.19. The summed E-state index contributed by atoms with van der Waals surface area (Å²) in [6.07, 6.45) is 5.30. The predicted molar refractivity (Wildman–Crippen MR) is 112 cm³/mol. The molecule has 0 atom stereocenters. The quantitative estimate of drug-likeness (QED) is 0.342. The topological polar surface area (TPSA) is 132 Å². The highest BCUT2D eigenvalue weighted by Crippen LogP contribution is 2.22. The van der Waals surface area contributed by atoms with Crippen LogP contribution in [0.2, 0.25) is 0 Å². The summed E-state index contributed by atoms with van der Waals surface area (Å²) in [4.78, 5) is 17.7. The number of nitrogens with two attached hydrogens (primary N) is 1. The zero-order valence-electron chi connectivity index (χ0n) is 16.6. The molecule has 0 aromatic carbocycles. The molecule has 1 aliphatic rings. The first-order chi connectivity index (χ1) is 14.3. The van der Waals surface area contributed by atoms with Gasteiger partial charge in [0.05, 0.1) is 38.7 Å². The van der Waals surface area contributed by atoms with Crippen LogP contribution in [0.25, 0.3) is 0 Å². The minimum Gasteiger partial charge on any atom is -0.378 e. The van der Waals surface area contributed by atoms with Crippen LogP contribution in [-0.2, 0) is 16.0 Å². The first-order valence-electron chi connectivity index (χ1n) is 10.1. The van der Waals surface area contributed by atoms with E-state index < -0.39 is 0 Å². The first-order valence-corrected chi connectivity index (χ1v) is 10.1. The van der Waals surface area contributed by atoms with Crippen LogP contribution >= 0.6 is 0 Å². The maximum atomic E-state index is 5.52. The number of pyridine rings is 1. The Bertz CT molecular complexity index is 715. The van der Waals surface area contributed by atoms with Crippen LogP contribution in [0.3, 0.4) is 0 Å². The Morgan fingerprint density at radius 2 is 1.69 bits per heavy atom. The van der Waals surface area contributed by atoms with Gasteiger partial charge in [0.25, 0.3) is 0 Å². The number of nitrogens with zero attached hydrogens (tertiary/aromatic N) is 4. The Hall–Kier alpha value is -2.56. The van der Waals surface area contributed by atoms with Crippen molar-refractivity contribution in [1.29, 1.82) is 0 Å². The number of anilines is 3. The summed E-state index contributed by atoms with van der Waals surface area (Å²) in [5.74, 6) is 1.59. The lowest BCUT2D eigenvalue weighted by atomic mass is 9.93. The Labute approximate surface area is 171 Å².